The lowest BCUT2D eigenvalue weighted by atomic mass is 9.84. The van der Waals surface area contributed by atoms with E-state index in [1.807, 2.05) is 40.0 Å². The Hall–Kier alpha value is -2.84. The Balaban J connectivity index is 0. The molecule has 1 aromatic rings. The van der Waals surface area contributed by atoms with E-state index in [4.69, 9.17) is 10.2 Å². The van der Waals surface area contributed by atoms with E-state index in [1.54, 1.807) is 0 Å². The summed E-state index contributed by atoms with van der Waals surface area (Å²) in [7, 11) is 0. The number of likely N-dealkylation sites (tertiary alicyclic amines) is 1. The van der Waals surface area contributed by atoms with Crippen LogP contribution in [0.25, 0.3) is 0 Å². The van der Waals surface area contributed by atoms with Crippen molar-refractivity contribution in [3.05, 3.63) is 46.7 Å². The third kappa shape index (κ3) is 19.2. The first-order valence-corrected chi connectivity index (χ1v) is 18.6. The van der Waals surface area contributed by atoms with Gasteiger partial charge in [-0.15, -0.1) is 0 Å². The van der Waals surface area contributed by atoms with Crippen molar-refractivity contribution < 1.29 is 9.59 Å². The van der Waals surface area contributed by atoms with E-state index in [0.717, 1.165) is 51.0 Å². The van der Waals surface area contributed by atoms with Crippen LogP contribution < -0.4 is 11.1 Å². The van der Waals surface area contributed by atoms with Crippen LogP contribution in [0.3, 0.4) is 0 Å². The van der Waals surface area contributed by atoms with Gasteiger partial charge in [-0.25, -0.2) is 4.98 Å². The Morgan fingerprint density at radius 3 is 2.02 bits per heavy atom. The molecule has 0 bridgehead atoms. The molecule has 8 heteroatoms. The number of aryl methyl sites for hydroxylation is 1. The molecular weight excluding hydrogens is 596 g/mol. The molecule has 2 amide bonds. The van der Waals surface area contributed by atoms with Crippen molar-refractivity contribution in [3.8, 4) is 0 Å². The van der Waals surface area contributed by atoms with Crippen molar-refractivity contribution in [2.24, 2.45) is 16.6 Å². The lowest BCUT2D eigenvalue weighted by Gasteiger charge is -2.27. The van der Waals surface area contributed by atoms with Gasteiger partial charge < -0.3 is 16.5 Å². The van der Waals surface area contributed by atoms with Gasteiger partial charge in [0.15, 0.2) is 0 Å². The van der Waals surface area contributed by atoms with Crippen LogP contribution in [0.5, 0.6) is 0 Å². The number of carbonyl (C=O) groups is 2. The summed E-state index contributed by atoms with van der Waals surface area (Å²) < 4.78 is 0. The zero-order valence-electron chi connectivity index (χ0n) is 33.1. The van der Waals surface area contributed by atoms with Gasteiger partial charge in [-0.3, -0.25) is 19.4 Å². The number of primary amides is 1. The normalized spacial score (nSPS) is 14.0. The fourth-order valence-electron chi connectivity index (χ4n) is 4.99. The Morgan fingerprint density at radius 1 is 1.02 bits per heavy atom. The number of anilines is 1. The summed E-state index contributed by atoms with van der Waals surface area (Å²) in [5, 5.41) is 10.6. The third-order valence-corrected chi connectivity index (χ3v) is 9.25. The number of carbonyl (C=O) groups excluding carboxylic acids is 2. The van der Waals surface area contributed by atoms with E-state index in [0.29, 0.717) is 5.82 Å². The monoisotopic (exact) mass is 671 g/mol. The van der Waals surface area contributed by atoms with Crippen molar-refractivity contribution in [2.75, 3.05) is 38.0 Å². The predicted molar refractivity (Wildman–Crippen MR) is 209 cm³/mol. The largest absolute Gasteiger partial charge is 0.372 e. The molecule has 2 heterocycles. The second kappa shape index (κ2) is 27.0. The molecular formula is C40H74N6O2. The molecule has 0 aromatic carbocycles. The molecule has 1 fully saturated rings. The standard InChI is InChI=1S/C19H31N3O.C18H34N2.C2H6.CH3NO/c1-5-19(4,6-2)18(23)21-17-12-16(15(3)13-20-17)14-22-10-8-7-9-11-22;1-7-12-20(13-8-2)15-17(16(4)14-19)10-11-18(5,6)9-3;1-2;2-1-3/h12-13H,5-11,14H2,1-4H3,(H,20,21,23);10-11,14,19H,7-9,12-13,15H2,1-6H3;1-2H3;1H,(H2,2,3)/b;11-10+,17-16+,19-14?;;. The number of nitrogens with zero attached hydrogens (tertiary/aromatic N) is 3. The number of rotatable bonds is 16. The lowest BCUT2D eigenvalue weighted by molar-refractivity contribution is -0.125. The molecule has 48 heavy (non-hydrogen) atoms. The van der Waals surface area contributed by atoms with Crippen molar-refractivity contribution in [1.29, 1.82) is 5.41 Å². The highest BCUT2D eigenvalue weighted by molar-refractivity contribution is 5.94. The molecule has 0 unspecified atom stereocenters. The molecule has 8 nitrogen and oxygen atoms in total. The van der Waals surface area contributed by atoms with Gasteiger partial charge in [0.25, 0.3) is 0 Å². The summed E-state index contributed by atoms with van der Waals surface area (Å²) >= 11 is 0. The molecule has 4 N–H and O–H groups in total. The van der Waals surface area contributed by atoms with Crippen molar-refractivity contribution in [1.82, 2.24) is 14.8 Å². The number of allylic oxidation sites excluding steroid dienone is 2. The molecule has 1 aliphatic heterocycles. The van der Waals surface area contributed by atoms with E-state index < -0.39 is 0 Å². The molecule has 0 spiro atoms. The van der Waals surface area contributed by atoms with Crippen LogP contribution in [0.2, 0.25) is 0 Å². The van der Waals surface area contributed by atoms with E-state index >= 15 is 0 Å². The zero-order valence-corrected chi connectivity index (χ0v) is 33.1. The van der Waals surface area contributed by atoms with Gasteiger partial charge in [0.05, 0.1) is 0 Å². The Bertz CT molecular complexity index is 1080. The second-order valence-electron chi connectivity index (χ2n) is 13.5. The van der Waals surface area contributed by atoms with Crippen LogP contribution in [0.4, 0.5) is 5.82 Å². The number of nitrogens with one attached hydrogen (secondary N) is 2. The summed E-state index contributed by atoms with van der Waals surface area (Å²) in [6, 6.07) is 2.05. The predicted octanol–water partition coefficient (Wildman–Crippen LogP) is 9.34. The fraction of sp³-hybridized carbons (Fsp3) is 0.700. The summed E-state index contributed by atoms with van der Waals surface area (Å²) in [4.78, 5) is 30.5. The van der Waals surface area contributed by atoms with Gasteiger partial charge >= 0.3 is 0 Å². The molecule has 1 aliphatic rings. The molecule has 276 valence electrons. The van der Waals surface area contributed by atoms with Crippen LogP contribution in [-0.2, 0) is 16.1 Å². The molecule has 0 saturated carbocycles. The number of pyridine rings is 1. The number of amides is 2. The number of nitrogens with two attached hydrogens (primary N) is 1. The number of hydrogen-bond donors (Lipinski definition) is 3. The lowest BCUT2D eigenvalue weighted by Crippen LogP contribution is -2.33. The van der Waals surface area contributed by atoms with Gasteiger partial charge in [-0.2, -0.15) is 0 Å². The summed E-state index contributed by atoms with van der Waals surface area (Å²) in [6.07, 6.45) is 17.2. The minimum absolute atomic E-state index is 0.0720. The van der Waals surface area contributed by atoms with E-state index in [1.165, 1.54) is 68.1 Å². The first-order chi connectivity index (χ1) is 22.8. The first-order valence-electron chi connectivity index (χ1n) is 18.6. The van der Waals surface area contributed by atoms with Crippen molar-refractivity contribution >= 4 is 24.3 Å². The quantitative estimate of drug-likeness (QED) is 0.0921. The van der Waals surface area contributed by atoms with Crippen molar-refractivity contribution in [2.45, 2.75) is 141 Å². The van der Waals surface area contributed by atoms with Crippen LogP contribution in [0, 0.1) is 23.2 Å². The average Bonchev–Trinajstić information content (AvgIpc) is 3.09. The number of hydrogen-bond acceptors (Lipinski definition) is 6. The number of aromatic nitrogens is 1. The topological polar surface area (TPSA) is 115 Å². The van der Waals surface area contributed by atoms with Crippen LogP contribution in [0.1, 0.15) is 139 Å². The van der Waals surface area contributed by atoms with Crippen LogP contribution in [0.15, 0.2) is 35.6 Å². The van der Waals surface area contributed by atoms with E-state index in [9.17, 15) is 4.79 Å². The molecule has 2 rings (SSSR count). The zero-order chi connectivity index (χ0) is 37.2. The molecule has 0 radical (unpaired) electrons. The Morgan fingerprint density at radius 2 is 1.56 bits per heavy atom. The van der Waals surface area contributed by atoms with Gasteiger partial charge in [0, 0.05) is 30.9 Å². The first kappa shape index (κ1) is 47.3. The molecule has 0 atom stereocenters. The third-order valence-electron chi connectivity index (χ3n) is 9.25. The van der Waals surface area contributed by atoms with E-state index in [2.05, 4.69) is 93.4 Å². The smallest absolute Gasteiger partial charge is 0.231 e. The molecule has 1 aromatic heterocycles. The number of piperidine rings is 1. The minimum Gasteiger partial charge on any atom is -0.372 e. The van der Waals surface area contributed by atoms with Gasteiger partial charge in [-0.05, 0) is 119 Å². The Labute approximate surface area is 295 Å². The maximum absolute atomic E-state index is 12.5. The second-order valence-corrected chi connectivity index (χ2v) is 13.5. The van der Waals surface area contributed by atoms with Gasteiger partial charge in [0.2, 0.25) is 12.3 Å². The molecule has 0 aliphatic carbocycles. The minimum atomic E-state index is -0.320. The highest BCUT2D eigenvalue weighted by Gasteiger charge is 2.29. The SMILES string of the molecule is CC.CCC(C)(CC)C(=O)Nc1cc(CN2CCCCC2)c(C)cn1.CCCN(CCC)CC(/C=C/C(C)(C)CC)=C(\C)C=N.NC=O. The Kier molecular flexibility index (Phi) is 26.6. The van der Waals surface area contributed by atoms with Crippen LogP contribution >= 0.6 is 0 Å². The summed E-state index contributed by atoms with van der Waals surface area (Å²) in [5.74, 6) is 0.753. The maximum Gasteiger partial charge on any atom is 0.231 e. The maximum atomic E-state index is 12.5. The van der Waals surface area contributed by atoms with E-state index in [-0.39, 0.29) is 23.1 Å². The van der Waals surface area contributed by atoms with Gasteiger partial charge in [0.1, 0.15) is 5.82 Å². The highest BCUT2D eigenvalue weighted by atomic mass is 16.2. The summed E-state index contributed by atoms with van der Waals surface area (Å²) in [6.45, 7) is 32.0. The highest BCUT2D eigenvalue weighted by Crippen LogP contribution is 2.27. The van der Waals surface area contributed by atoms with Crippen LogP contribution in [-0.4, -0.2) is 66.0 Å². The average molecular weight is 671 g/mol. The van der Waals surface area contributed by atoms with Gasteiger partial charge in [-0.1, -0.05) is 87.8 Å². The molecule has 1 saturated heterocycles. The fourth-order valence-corrected chi connectivity index (χ4v) is 4.99. The summed E-state index contributed by atoms with van der Waals surface area (Å²) in [5.41, 5.74) is 8.90. The van der Waals surface area contributed by atoms with Crippen molar-refractivity contribution in [3.63, 3.8) is 0 Å².